The van der Waals surface area contributed by atoms with E-state index in [9.17, 15) is 14.4 Å². The molecular formula is C11H7NO4. The number of aromatic nitrogens is 1. The van der Waals surface area contributed by atoms with Crippen LogP contribution in [0.4, 0.5) is 0 Å². The van der Waals surface area contributed by atoms with Gasteiger partial charge in [-0.25, -0.2) is 4.79 Å². The zero-order valence-electron chi connectivity index (χ0n) is 8.12. The number of hydrogen-bond donors (Lipinski definition) is 0. The molecule has 0 bridgehead atoms. The minimum atomic E-state index is -0.946. The van der Waals surface area contributed by atoms with E-state index < -0.39 is 11.5 Å². The van der Waals surface area contributed by atoms with Crippen molar-refractivity contribution in [3.8, 4) is 0 Å². The first kappa shape index (κ1) is 10.1. The Labute approximate surface area is 89.9 Å². The number of hydrogen-bond acceptors (Lipinski definition) is 4. The summed E-state index contributed by atoms with van der Waals surface area (Å²) < 4.78 is 5.43. The molecule has 0 unspecified atom stereocenters. The molecule has 0 aliphatic rings. The first-order valence-electron chi connectivity index (χ1n) is 4.49. The quantitative estimate of drug-likeness (QED) is 0.420. The van der Waals surface area contributed by atoms with Crippen LogP contribution in [0.5, 0.6) is 0 Å². The summed E-state index contributed by atoms with van der Waals surface area (Å²) in [4.78, 5) is 33.0. The van der Waals surface area contributed by atoms with E-state index in [1.54, 1.807) is 24.3 Å². The summed E-state index contributed by atoms with van der Waals surface area (Å²) in [6.07, 6.45) is 1.54. The largest absolute Gasteiger partial charge is 0.392 e. The third-order valence-electron chi connectivity index (χ3n) is 2.14. The molecule has 0 saturated carbocycles. The number of rotatable bonds is 2. The highest BCUT2D eigenvalue weighted by Crippen LogP contribution is 2.02. The first-order chi connectivity index (χ1) is 7.74. The van der Waals surface area contributed by atoms with Gasteiger partial charge in [-0.05, 0) is 24.3 Å². The lowest BCUT2D eigenvalue weighted by atomic mass is 10.2. The van der Waals surface area contributed by atoms with Gasteiger partial charge in [0.1, 0.15) is 5.56 Å². The fourth-order valence-electron chi connectivity index (χ4n) is 1.41. The fraction of sp³-hybridized carbons (Fsp3) is 0. The summed E-state index contributed by atoms with van der Waals surface area (Å²) in [6.45, 7) is 0.00162. The highest BCUT2D eigenvalue weighted by Gasteiger charge is 2.12. The molecule has 0 aliphatic heterocycles. The van der Waals surface area contributed by atoms with Crippen LogP contribution in [0.2, 0.25) is 0 Å². The lowest BCUT2D eigenvalue weighted by molar-refractivity contribution is -0.123. The molecule has 2 heterocycles. The van der Waals surface area contributed by atoms with Crippen LogP contribution in [0.15, 0.2) is 41.3 Å². The maximum absolute atomic E-state index is 11.8. The van der Waals surface area contributed by atoms with Crippen molar-refractivity contribution in [3.63, 3.8) is 0 Å². The lowest BCUT2D eigenvalue weighted by Gasteiger charge is -2.01. The van der Waals surface area contributed by atoms with Crippen LogP contribution < -0.4 is 5.56 Å². The Bertz CT molecular complexity index is 615. The molecule has 80 valence electrons. The van der Waals surface area contributed by atoms with Crippen LogP contribution >= 0.6 is 0 Å². The van der Waals surface area contributed by atoms with E-state index >= 15 is 0 Å². The van der Waals surface area contributed by atoms with Crippen molar-refractivity contribution in [2.45, 2.75) is 0 Å². The van der Waals surface area contributed by atoms with Gasteiger partial charge in [-0.3, -0.25) is 14.0 Å². The summed E-state index contributed by atoms with van der Waals surface area (Å²) in [5.41, 5.74) is -0.0177. The molecule has 0 aliphatic carbocycles. The standard InChI is InChI=1S/C11H7NO4/c13-7-16-11(15)9-5-4-8-3-1-2-6-12(8)10(9)14/h1-7H. The van der Waals surface area contributed by atoms with Crippen molar-refractivity contribution in [3.05, 3.63) is 52.4 Å². The molecule has 5 heteroatoms. The van der Waals surface area contributed by atoms with E-state index in [1.165, 1.54) is 16.7 Å². The van der Waals surface area contributed by atoms with E-state index in [2.05, 4.69) is 4.74 Å². The number of fused-ring (bicyclic) bond motifs is 1. The normalized spacial score (nSPS) is 10.0. The third kappa shape index (κ3) is 1.58. The van der Waals surface area contributed by atoms with Gasteiger partial charge >= 0.3 is 12.4 Å². The second-order valence-electron chi connectivity index (χ2n) is 3.05. The fourth-order valence-corrected chi connectivity index (χ4v) is 1.41. The van der Waals surface area contributed by atoms with Gasteiger partial charge < -0.3 is 4.74 Å². The SMILES string of the molecule is O=COC(=O)c1ccc2ccccn2c1=O. The molecule has 0 spiro atoms. The van der Waals surface area contributed by atoms with E-state index in [0.29, 0.717) is 5.52 Å². The van der Waals surface area contributed by atoms with Crippen molar-refractivity contribution in [1.82, 2.24) is 4.40 Å². The number of carbonyl (C=O) groups excluding carboxylic acids is 2. The molecule has 16 heavy (non-hydrogen) atoms. The van der Waals surface area contributed by atoms with E-state index in [4.69, 9.17) is 0 Å². The zero-order valence-corrected chi connectivity index (χ0v) is 8.12. The molecule has 0 atom stereocenters. The summed E-state index contributed by atoms with van der Waals surface area (Å²) in [7, 11) is 0. The van der Waals surface area contributed by atoms with Crippen molar-refractivity contribution in [2.75, 3.05) is 0 Å². The third-order valence-corrected chi connectivity index (χ3v) is 2.14. The van der Waals surface area contributed by atoms with Gasteiger partial charge in [0.05, 0.1) is 0 Å². The Morgan fingerprint density at radius 3 is 2.81 bits per heavy atom. The van der Waals surface area contributed by atoms with Crippen LogP contribution in [-0.2, 0) is 9.53 Å². The van der Waals surface area contributed by atoms with Gasteiger partial charge in [0.25, 0.3) is 5.56 Å². The van der Waals surface area contributed by atoms with Gasteiger partial charge in [0.2, 0.25) is 0 Å². The Hall–Kier alpha value is -2.43. The number of esters is 1. The first-order valence-corrected chi connectivity index (χ1v) is 4.49. The molecule has 0 amide bonds. The van der Waals surface area contributed by atoms with Crippen molar-refractivity contribution in [2.24, 2.45) is 0 Å². The van der Waals surface area contributed by atoms with Crippen molar-refractivity contribution in [1.29, 1.82) is 0 Å². The monoisotopic (exact) mass is 217 g/mol. The molecule has 2 rings (SSSR count). The number of pyridine rings is 2. The molecule has 2 aromatic rings. The summed E-state index contributed by atoms with van der Waals surface area (Å²) in [5.74, 6) is -0.946. The predicted molar refractivity (Wildman–Crippen MR) is 55.1 cm³/mol. The van der Waals surface area contributed by atoms with Gasteiger partial charge in [0, 0.05) is 11.7 Å². The maximum Gasteiger partial charge on any atom is 0.351 e. The lowest BCUT2D eigenvalue weighted by Crippen LogP contribution is -2.22. The van der Waals surface area contributed by atoms with Gasteiger partial charge in [-0.2, -0.15) is 0 Å². The second kappa shape index (κ2) is 3.98. The van der Waals surface area contributed by atoms with Crippen LogP contribution in [0.3, 0.4) is 0 Å². The average Bonchev–Trinajstić information content (AvgIpc) is 2.30. The molecule has 0 radical (unpaired) electrons. The molecule has 5 nitrogen and oxygen atoms in total. The number of carbonyl (C=O) groups is 2. The smallest absolute Gasteiger partial charge is 0.351 e. The van der Waals surface area contributed by atoms with Gasteiger partial charge in [-0.15, -0.1) is 0 Å². The zero-order chi connectivity index (χ0) is 11.5. The Kier molecular flexibility index (Phi) is 2.51. The van der Waals surface area contributed by atoms with E-state index in [-0.39, 0.29) is 12.0 Å². The molecule has 2 aromatic heterocycles. The highest BCUT2D eigenvalue weighted by atomic mass is 16.6. The van der Waals surface area contributed by atoms with Crippen molar-refractivity contribution < 1.29 is 14.3 Å². The van der Waals surface area contributed by atoms with Crippen LogP contribution in [0, 0.1) is 0 Å². The summed E-state index contributed by atoms with van der Waals surface area (Å²) in [6, 6.07) is 8.12. The van der Waals surface area contributed by atoms with E-state index in [0.717, 1.165) is 0 Å². The highest BCUT2D eigenvalue weighted by molar-refractivity contribution is 5.92. The number of nitrogens with zero attached hydrogens (tertiary/aromatic N) is 1. The van der Waals surface area contributed by atoms with Crippen LogP contribution in [0.1, 0.15) is 10.4 Å². The Balaban J connectivity index is 2.65. The number of ether oxygens (including phenoxy) is 1. The molecule has 0 N–H and O–H groups in total. The predicted octanol–water partition coefficient (Wildman–Crippen LogP) is 0.613. The van der Waals surface area contributed by atoms with Gasteiger partial charge in [0.15, 0.2) is 0 Å². The molecule has 0 saturated heterocycles. The van der Waals surface area contributed by atoms with Crippen molar-refractivity contribution >= 4 is 18.0 Å². The van der Waals surface area contributed by atoms with E-state index in [1.807, 2.05) is 0 Å². The summed E-state index contributed by atoms with van der Waals surface area (Å²) >= 11 is 0. The van der Waals surface area contributed by atoms with Crippen LogP contribution in [-0.4, -0.2) is 16.8 Å². The minimum Gasteiger partial charge on any atom is -0.392 e. The molecule has 0 fully saturated rings. The molecular weight excluding hydrogens is 210 g/mol. The Morgan fingerprint density at radius 1 is 1.25 bits per heavy atom. The second-order valence-corrected chi connectivity index (χ2v) is 3.05. The maximum atomic E-state index is 11.8. The Morgan fingerprint density at radius 2 is 2.06 bits per heavy atom. The minimum absolute atomic E-state index is 0.00162. The topological polar surface area (TPSA) is 64.8 Å². The van der Waals surface area contributed by atoms with Crippen LogP contribution in [0.25, 0.3) is 5.52 Å². The average molecular weight is 217 g/mol. The molecule has 0 aromatic carbocycles. The summed E-state index contributed by atoms with van der Waals surface area (Å²) in [5, 5.41) is 0. The van der Waals surface area contributed by atoms with Gasteiger partial charge in [-0.1, -0.05) is 6.07 Å².